The fourth-order valence-electron chi connectivity index (χ4n) is 2.01. The van der Waals surface area contributed by atoms with Crippen molar-refractivity contribution >= 4 is 51.3 Å². The van der Waals surface area contributed by atoms with E-state index in [0.717, 1.165) is 18.9 Å². The Morgan fingerprint density at radius 3 is 2.67 bits per heavy atom. The Hall–Kier alpha value is -0.390. The number of rotatable bonds is 9. The molecular weight excluding hydrogens is 459 g/mol. The van der Waals surface area contributed by atoms with Gasteiger partial charge in [-0.3, -0.25) is 4.99 Å². The first kappa shape index (κ1) is 23.6. The standard InChI is InChI=1S/C15H28N4O2S2.HI/c1-5-23(20,21)19(4)9-6-8-17-15(16-3)18-11-13(2)14-7-10-22-12-14;/h7,10,12-13H,5-6,8-9,11H2,1-4H3,(H2,16,17,18);1H. The minimum atomic E-state index is -3.09. The highest BCUT2D eigenvalue weighted by Crippen LogP contribution is 2.16. The maximum absolute atomic E-state index is 11.6. The van der Waals surface area contributed by atoms with Gasteiger partial charge in [-0.15, -0.1) is 24.0 Å². The number of nitrogens with one attached hydrogen (secondary N) is 2. The van der Waals surface area contributed by atoms with Crippen LogP contribution in [-0.2, 0) is 10.0 Å². The van der Waals surface area contributed by atoms with Gasteiger partial charge >= 0.3 is 0 Å². The van der Waals surface area contributed by atoms with E-state index in [0.29, 0.717) is 19.0 Å². The van der Waals surface area contributed by atoms with Crippen LogP contribution in [0.5, 0.6) is 0 Å². The molecule has 2 N–H and O–H groups in total. The zero-order chi connectivity index (χ0) is 17.3. The van der Waals surface area contributed by atoms with Gasteiger partial charge < -0.3 is 10.6 Å². The van der Waals surface area contributed by atoms with Crippen molar-refractivity contribution in [1.29, 1.82) is 0 Å². The van der Waals surface area contributed by atoms with Crippen LogP contribution in [0.4, 0.5) is 0 Å². The van der Waals surface area contributed by atoms with Crippen LogP contribution in [0.3, 0.4) is 0 Å². The first-order chi connectivity index (χ1) is 10.9. The van der Waals surface area contributed by atoms with Crippen molar-refractivity contribution in [2.24, 2.45) is 4.99 Å². The predicted octanol–water partition coefficient (Wildman–Crippen LogP) is 2.31. The molecule has 9 heteroatoms. The summed E-state index contributed by atoms with van der Waals surface area (Å²) in [7, 11) is 0.263. The summed E-state index contributed by atoms with van der Waals surface area (Å²) in [5, 5.41) is 10.8. The highest BCUT2D eigenvalue weighted by molar-refractivity contribution is 14.0. The molecule has 1 aromatic rings. The van der Waals surface area contributed by atoms with Gasteiger partial charge in [0, 0.05) is 33.7 Å². The van der Waals surface area contributed by atoms with Crippen LogP contribution in [0.25, 0.3) is 0 Å². The van der Waals surface area contributed by atoms with Gasteiger partial charge in [-0.2, -0.15) is 11.3 Å². The monoisotopic (exact) mass is 488 g/mol. The average molecular weight is 488 g/mol. The maximum Gasteiger partial charge on any atom is 0.213 e. The molecule has 0 amide bonds. The summed E-state index contributed by atoms with van der Waals surface area (Å²) >= 11 is 1.70. The van der Waals surface area contributed by atoms with E-state index in [-0.39, 0.29) is 29.7 Å². The lowest BCUT2D eigenvalue weighted by Gasteiger charge is -2.18. The molecule has 6 nitrogen and oxygen atoms in total. The van der Waals surface area contributed by atoms with Gasteiger partial charge in [0.05, 0.1) is 5.75 Å². The molecule has 1 heterocycles. The Bertz CT molecular complexity index is 576. The van der Waals surface area contributed by atoms with E-state index < -0.39 is 10.0 Å². The third-order valence-corrected chi connectivity index (χ3v) is 6.26. The van der Waals surface area contributed by atoms with Gasteiger partial charge in [-0.1, -0.05) is 6.92 Å². The molecule has 0 aromatic carbocycles. The van der Waals surface area contributed by atoms with Gasteiger partial charge in [-0.05, 0) is 41.7 Å². The number of guanidine groups is 1. The quantitative estimate of drug-likeness (QED) is 0.242. The number of hydrogen-bond donors (Lipinski definition) is 2. The summed E-state index contributed by atoms with van der Waals surface area (Å²) in [6.07, 6.45) is 0.733. The van der Waals surface area contributed by atoms with Gasteiger partial charge in [-0.25, -0.2) is 12.7 Å². The summed E-state index contributed by atoms with van der Waals surface area (Å²) in [6.45, 7) is 5.82. The smallest absolute Gasteiger partial charge is 0.213 e. The highest BCUT2D eigenvalue weighted by atomic mass is 127. The fraction of sp³-hybridized carbons (Fsp3) is 0.667. The van der Waals surface area contributed by atoms with Crippen LogP contribution in [0.2, 0.25) is 0 Å². The molecule has 0 bridgehead atoms. The van der Waals surface area contributed by atoms with E-state index in [1.165, 1.54) is 9.87 Å². The maximum atomic E-state index is 11.6. The summed E-state index contributed by atoms with van der Waals surface area (Å²) in [5.74, 6) is 1.30. The Kier molecular flexibility index (Phi) is 11.8. The molecule has 1 atom stereocenters. The van der Waals surface area contributed by atoms with Crippen LogP contribution < -0.4 is 10.6 Å². The molecule has 140 valence electrons. The van der Waals surface area contributed by atoms with Crippen molar-refractivity contribution in [3.05, 3.63) is 22.4 Å². The first-order valence-electron chi connectivity index (χ1n) is 7.81. The Morgan fingerprint density at radius 1 is 1.42 bits per heavy atom. The largest absolute Gasteiger partial charge is 0.356 e. The number of hydrogen-bond acceptors (Lipinski definition) is 4. The van der Waals surface area contributed by atoms with E-state index in [2.05, 4.69) is 39.4 Å². The van der Waals surface area contributed by atoms with Crippen molar-refractivity contribution in [2.75, 3.05) is 39.5 Å². The normalized spacial score (nSPS) is 13.5. The second-order valence-electron chi connectivity index (χ2n) is 5.41. The third kappa shape index (κ3) is 8.13. The first-order valence-corrected chi connectivity index (χ1v) is 10.4. The lowest BCUT2D eigenvalue weighted by atomic mass is 10.1. The van der Waals surface area contributed by atoms with Crippen LogP contribution in [-0.4, -0.2) is 58.2 Å². The average Bonchev–Trinajstić information content (AvgIpc) is 3.08. The minimum absolute atomic E-state index is 0. The van der Waals surface area contributed by atoms with Crippen LogP contribution in [0.15, 0.2) is 21.8 Å². The molecular formula is C15H29IN4O2S2. The van der Waals surface area contributed by atoms with E-state index in [1.807, 2.05) is 0 Å². The predicted molar refractivity (Wildman–Crippen MR) is 114 cm³/mol. The van der Waals surface area contributed by atoms with Crippen molar-refractivity contribution in [3.8, 4) is 0 Å². The van der Waals surface area contributed by atoms with Gasteiger partial charge in [0.25, 0.3) is 0 Å². The van der Waals surface area contributed by atoms with E-state index in [1.54, 1.807) is 32.4 Å². The van der Waals surface area contributed by atoms with Crippen molar-refractivity contribution in [3.63, 3.8) is 0 Å². The molecule has 0 aliphatic carbocycles. The van der Waals surface area contributed by atoms with Crippen LogP contribution >= 0.6 is 35.3 Å². The summed E-state index contributed by atoms with van der Waals surface area (Å²) in [5.41, 5.74) is 1.32. The second kappa shape index (κ2) is 12.0. The molecule has 0 saturated heterocycles. The van der Waals surface area contributed by atoms with Gasteiger partial charge in [0.2, 0.25) is 10.0 Å². The van der Waals surface area contributed by atoms with E-state index in [4.69, 9.17) is 0 Å². The number of aliphatic imine (C=N–C) groups is 1. The molecule has 0 spiro atoms. The van der Waals surface area contributed by atoms with Crippen LogP contribution in [0.1, 0.15) is 31.7 Å². The fourth-order valence-corrected chi connectivity index (χ4v) is 3.64. The topological polar surface area (TPSA) is 73.8 Å². The Balaban J connectivity index is 0.00000529. The number of sulfonamides is 1. The van der Waals surface area contributed by atoms with Gasteiger partial charge in [0.1, 0.15) is 0 Å². The Labute approximate surface area is 167 Å². The summed E-state index contributed by atoms with van der Waals surface area (Å²) in [4.78, 5) is 4.19. The SMILES string of the molecule is CCS(=O)(=O)N(C)CCCNC(=NC)NCC(C)c1ccsc1.I. The lowest BCUT2D eigenvalue weighted by Crippen LogP contribution is -2.40. The number of halogens is 1. The molecule has 0 aliphatic rings. The zero-order valence-corrected chi connectivity index (χ0v) is 18.7. The Morgan fingerprint density at radius 2 is 2.12 bits per heavy atom. The van der Waals surface area contributed by atoms with Crippen molar-refractivity contribution < 1.29 is 8.42 Å². The van der Waals surface area contributed by atoms with Gasteiger partial charge in [0.15, 0.2) is 5.96 Å². The number of nitrogens with zero attached hydrogens (tertiary/aromatic N) is 2. The molecule has 0 fully saturated rings. The van der Waals surface area contributed by atoms with E-state index >= 15 is 0 Å². The van der Waals surface area contributed by atoms with Crippen LogP contribution in [0, 0.1) is 0 Å². The van der Waals surface area contributed by atoms with Crippen molar-refractivity contribution in [2.45, 2.75) is 26.2 Å². The molecule has 1 aromatic heterocycles. The number of thiophene rings is 1. The minimum Gasteiger partial charge on any atom is -0.356 e. The molecule has 0 saturated carbocycles. The molecule has 0 aliphatic heterocycles. The molecule has 24 heavy (non-hydrogen) atoms. The zero-order valence-electron chi connectivity index (χ0n) is 14.8. The molecule has 0 radical (unpaired) electrons. The summed E-state index contributed by atoms with van der Waals surface area (Å²) < 4.78 is 24.7. The highest BCUT2D eigenvalue weighted by Gasteiger charge is 2.14. The van der Waals surface area contributed by atoms with Crippen molar-refractivity contribution in [1.82, 2.24) is 14.9 Å². The molecule has 1 rings (SSSR count). The van der Waals surface area contributed by atoms with E-state index in [9.17, 15) is 8.42 Å². The third-order valence-electron chi connectivity index (χ3n) is 3.69. The lowest BCUT2D eigenvalue weighted by molar-refractivity contribution is 0.461. The molecule has 1 unspecified atom stereocenters. The second-order valence-corrected chi connectivity index (χ2v) is 8.56. The summed E-state index contributed by atoms with van der Waals surface area (Å²) in [6, 6.07) is 2.14.